The number of hydrogen-bond donors (Lipinski definition) is 3. The Bertz CT molecular complexity index is 1290. The molecule has 3 N–H and O–H groups in total. The second-order valence-corrected chi connectivity index (χ2v) is 7.44. The molecule has 2 heterocycles. The van der Waals surface area contributed by atoms with Crippen molar-refractivity contribution >= 4 is 41.0 Å². The van der Waals surface area contributed by atoms with Crippen molar-refractivity contribution in [3.8, 4) is 11.3 Å². The van der Waals surface area contributed by atoms with Crippen LogP contribution in [-0.2, 0) is 4.79 Å². The standard InChI is InChI=1S/C23H17ClN2O6/c1-12-17(21(27)26(25-12)15-4-2-3-14(9-15)22(28)29)11-16-6-8-20(32-16)13-5-7-19(24)18(10-13)23(30)31/h2-11,23,30-31H,1H3,(H,28,29)/b17-11-. The molecule has 0 aliphatic carbocycles. The summed E-state index contributed by atoms with van der Waals surface area (Å²) >= 11 is 5.97. The van der Waals surface area contributed by atoms with Gasteiger partial charge >= 0.3 is 5.97 Å². The van der Waals surface area contributed by atoms with Crippen LogP contribution in [0.25, 0.3) is 17.4 Å². The molecule has 3 aromatic rings. The van der Waals surface area contributed by atoms with E-state index in [0.29, 0.717) is 34.1 Å². The van der Waals surface area contributed by atoms with E-state index < -0.39 is 18.2 Å². The van der Waals surface area contributed by atoms with Crippen molar-refractivity contribution in [2.45, 2.75) is 13.2 Å². The number of carbonyl (C=O) groups is 2. The second kappa shape index (κ2) is 8.43. The summed E-state index contributed by atoms with van der Waals surface area (Å²) in [6.07, 6.45) is -0.178. The molecular formula is C23H17ClN2O6. The minimum Gasteiger partial charge on any atom is -0.478 e. The normalized spacial score (nSPS) is 15.0. The van der Waals surface area contributed by atoms with E-state index in [4.69, 9.17) is 16.0 Å². The lowest BCUT2D eigenvalue weighted by molar-refractivity contribution is -0.114. The van der Waals surface area contributed by atoms with Gasteiger partial charge < -0.3 is 19.7 Å². The predicted octanol–water partition coefficient (Wildman–Crippen LogP) is 4.09. The third-order valence-electron chi connectivity index (χ3n) is 4.87. The maximum atomic E-state index is 12.9. The average Bonchev–Trinajstić information content (AvgIpc) is 3.34. The number of hydrogen-bond acceptors (Lipinski definition) is 6. The molecule has 1 aliphatic heterocycles. The van der Waals surface area contributed by atoms with Gasteiger partial charge in [-0.25, -0.2) is 4.79 Å². The summed E-state index contributed by atoms with van der Waals surface area (Å²) in [5.41, 5.74) is 1.87. The van der Waals surface area contributed by atoms with Crippen molar-refractivity contribution in [3.05, 3.63) is 82.1 Å². The molecule has 0 saturated heterocycles. The van der Waals surface area contributed by atoms with E-state index in [1.165, 1.54) is 24.3 Å². The van der Waals surface area contributed by atoms with Crippen LogP contribution in [0.5, 0.6) is 0 Å². The maximum Gasteiger partial charge on any atom is 0.335 e. The highest BCUT2D eigenvalue weighted by Crippen LogP contribution is 2.31. The lowest BCUT2D eigenvalue weighted by Gasteiger charge is -2.12. The molecule has 0 atom stereocenters. The smallest absolute Gasteiger partial charge is 0.335 e. The molecule has 0 radical (unpaired) electrons. The van der Waals surface area contributed by atoms with Gasteiger partial charge in [0.15, 0.2) is 6.29 Å². The molecule has 8 nitrogen and oxygen atoms in total. The number of rotatable bonds is 5. The Kier molecular flexibility index (Phi) is 5.67. The number of aromatic carboxylic acids is 1. The van der Waals surface area contributed by atoms with Crippen LogP contribution < -0.4 is 5.01 Å². The van der Waals surface area contributed by atoms with Crippen LogP contribution >= 0.6 is 11.6 Å². The number of furan rings is 1. The van der Waals surface area contributed by atoms with Crippen LogP contribution in [0.2, 0.25) is 5.02 Å². The van der Waals surface area contributed by atoms with E-state index in [-0.39, 0.29) is 16.1 Å². The number of carboxylic acid groups (broad SMARTS) is 1. The summed E-state index contributed by atoms with van der Waals surface area (Å²) in [5, 5.41) is 33.7. The van der Waals surface area contributed by atoms with E-state index in [1.54, 1.807) is 43.3 Å². The lowest BCUT2D eigenvalue weighted by atomic mass is 10.1. The average molecular weight is 453 g/mol. The Labute approximate surface area is 187 Å². The number of carbonyl (C=O) groups excluding carboxylic acids is 1. The largest absolute Gasteiger partial charge is 0.478 e. The monoisotopic (exact) mass is 452 g/mol. The number of carboxylic acids is 1. The molecule has 4 rings (SSSR count). The minimum absolute atomic E-state index is 0.0478. The topological polar surface area (TPSA) is 124 Å². The van der Waals surface area contributed by atoms with E-state index in [0.717, 1.165) is 5.01 Å². The molecular weight excluding hydrogens is 436 g/mol. The van der Waals surface area contributed by atoms with Crippen LogP contribution in [0, 0.1) is 0 Å². The van der Waals surface area contributed by atoms with Crippen LogP contribution in [-0.4, -0.2) is 32.9 Å². The molecule has 1 amide bonds. The fourth-order valence-corrected chi connectivity index (χ4v) is 3.47. The fourth-order valence-electron chi connectivity index (χ4n) is 3.25. The first-order chi connectivity index (χ1) is 15.2. The maximum absolute atomic E-state index is 12.9. The third kappa shape index (κ3) is 4.06. The summed E-state index contributed by atoms with van der Waals surface area (Å²) in [6, 6.07) is 14.0. The Balaban J connectivity index is 1.62. The molecule has 0 saturated carbocycles. The van der Waals surface area contributed by atoms with E-state index in [2.05, 4.69) is 5.10 Å². The molecule has 1 aromatic heterocycles. The first kappa shape index (κ1) is 21.5. The minimum atomic E-state index is -1.72. The number of amides is 1. The van der Waals surface area contributed by atoms with Gasteiger partial charge in [0.25, 0.3) is 5.91 Å². The Morgan fingerprint density at radius 2 is 1.94 bits per heavy atom. The Morgan fingerprint density at radius 3 is 2.66 bits per heavy atom. The summed E-state index contributed by atoms with van der Waals surface area (Å²) in [6.45, 7) is 1.67. The SMILES string of the molecule is CC1=NN(c2cccc(C(=O)O)c2)C(=O)/C1=C\c1ccc(-c2ccc(Cl)c(C(O)O)c2)o1. The molecule has 0 fully saturated rings. The number of nitrogens with zero attached hydrogens (tertiary/aromatic N) is 2. The van der Waals surface area contributed by atoms with Crippen LogP contribution in [0.1, 0.15) is 34.9 Å². The molecule has 32 heavy (non-hydrogen) atoms. The van der Waals surface area contributed by atoms with Crippen molar-refractivity contribution in [2.75, 3.05) is 5.01 Å². The van der Waals surface area contributed by atoms with Gasteiger partial charge in [-0.05, 0) is 61.5 Å². The molecule has 0 unspecified atom stereocenters. The molecule has 0 bridgehead atoms. The number of anilines is 1. The van der Waals surface area contributed by atoms with Gasteiger partial charge in [-0.1, -0.05) is 17.7 Å². The van der Waals surface area contributed by atoms with Crippen LogP contribution in [0.15, 0.2) is 69.7 Å². The van der Waals surface area contributed by atoms with Gasteiger partial charge in [-0.2, -0.15) is 10.1 Å². The molecule has 1 aliphatic rings. The van der Waals surface area contributed by atoms with Crippen LogP contribution in [0.3, 0.4) is 0 Å². The molecule has 2 aromatic carbocycles. The lowest BCUT2D eigenvalue weighted by Crippen LogP contribution is -2.21. The quantitative estimate of drug-likeness (QED) is 0.395. The highest BCUT2D eigenvalue weighted by Gasteiger charge is 2.29. The number of hydrazone groups is 1. The molecule has 0 spiro atoms. The zero-order valence-electron chi connectivity index (χ0n) is 16.7. The van der Waals surface area contributed by atoms with Crippen molar-refractivity contribution in [2.24, 2.45) is 5.10 Å². The first-order valence-corrected chi connectivity index (χ1v) is 9.83. The highest BCUT2D eigenvalue weighted by molar-refractivity contribution is 6.32. The zero-order chi connectivity index (χ0) is 23.0. The van der Waals surface area contributed by atoms with Crippen molar-refractivity contribution in [1.29, 1.82) is 0 Å². The van der Waals surface area contributed by atoms with Crippen LogP contribution in [0.4, 0.5) is 5.69 Å². The zero-order valence-corrected chi connectivity index (χ0v) is 17.4. The molecule has 9 heteroatoms. The second-order valence-electron chi connectivity index (χ2n) is 7.03. The Hall–Kier alpha value is -3.72. The highest BCUT2D eigenvalue weighted by atomic mass is 35.5. The predicted molar refractivity (Wildman–Crippen MR) is 118 cm³/mol. The number of halogens is 1. The van der Waals surface area contributed by atoms with Gasteiger partial charge in [0.1, 0.15) is 11.5 Å². The van der Waals surface area contributed by atoms with Crippen molar-refractivity contribution in [1.82, 2.24) is 0 Å². The van der Waals surface area contributed by atoms with E-state index >= 15 is 0 Å². The Morgan fingerprint density at radius 1 is 1.16 bits per heavy atom. The van der Waals surface area contributed by atoms with Crippen molar-refractivity contribution < 1.29 is 29.3 Å². The third-order valence-corrected chi connectivity index (χ3v) is 5.22. The van der Waals surface area contributed by atoms with Gasteiger partial charge in [0, 0.05) is 16.1 Å². The van der Waals surface area contributed by atoms with Crippen molar-refractivity contribution in [3.63, 3.8) is 0 Å². The van der Waals surface area contributed by atoms with Gasteiger partial charge in [-0.15, -0.1) is 0 Å². The first-order valence-electron chi connectivity index (χ1n) is 9.45. The molecule has 162 valence electrons. The summed E-state index contributed by atoms with van der Waals surface area (Å²) < 4.78 is 5.81. The van der Waals surface area contributed by atoms with Gasteiger partial charge in [0.2, 0.25) is 0 Å². The van der Waals surface area contributed by atoms with E-state index in [1.807, 2.05) is 0 Å². The summed E-state index contributed by atoms with van der Waals surface area (Å²) in [5.74, 6) is -0.682. The number of aliphatic hydroxyl groups excluding tert-OH is 1. The van der Waals surface area contributed by atoms with Gasteiger partial charge in [0.05, 0.1) is 22.5 Å². The van der Waals surface area contributed by atoms with E-state index in [9.17, 15) is 24.9 Å². The van der Waals surface area contributed by atoms with Gasteiger partial charge in [-0.3, -0.25) is 4.79 Å². The number of benzene rings is 2. The summed E-state index contributed by atoms with van der Waals surface area (Å²) in [7, 11) is 0. The number of aliphatic hydroxyl groups is 2. The summed E-state index contributed by atoms with van der Waals surface area (Å²) in [4.78, 5) is 24.1. The fraction of sp³-hybridized carbons (Fsp3) is 0.0870.